The van der Waals surface area contributed by atoms with Gasteiger partial charge in [0.15, 0.2) is 0 Å². The summed E-state index contributed by atoms with van der Waals surface area (Å²) in [4.78, 5) is 7.81. The third-order valence-electron chi connectivity index (χ3n) is 1.02. The van der Waals surface area contributed by atoms with E-state index in [1.54, 1.807) is 19.5 Å². The molecule has 0 aromatic carbocycles. The number of aromatic nitrogens is 2. The summed E-state index contributed by atoms with van der Waals surface area (Å²) in [5.41, 5.74) is 1.04. The Bertz CT molecular complexity index is 176. The number of alkyl halides is 1. The first-order valence-electron chi connectivity index (χ1n) is 2.77. The molecule has 0 bridgehead atoms. The van der Waals surface area contributed by atoms with E-state index < -0.39 is 0 Å². The highest BCUT2D eigenvalue weighted by molar-refractivity contribution is 9.08. The van der Waals surface area contributed by atoms with Crippen molar-refractivity contribution in [3.05, 3.63) is 18.0 Å². The Balaban J connectivity index is 2.80. The van der Waals surface area contributed by atoms with Gasteiger partial charge in [-0.25, -0.2) is 9.97 Å². The highest BCUT2D eigenvalue weighted by atomic mass is 79.9. The Kier molecular flexibility index (Phi) is 2.62. The summed E-state index contributed by atoms with van der Waals surface area (Å²) in [7, 11) is 1.54. The fraction of sp³-hybridized carbons (Fsp3) is 0.333. The minimum atomic E-state index is 0.407. The predicted octanol–water partition coefficient (Wildman–Crippen LogP) is 1.38. The van der Waals surface area contributed by atoms with Gasteiger partial charge in [0, 0.05) is 17.7 Å². The van der Waals surface area contributed by atoms with Crippen LogP contribution >= 0.6 is 15.9 Å². The predicted molar refractivity (Wildman–Crippen MR) is 41.2 cm³/mol. The second-order valence-electron chi connectivity index (χ2n) is 1.71. The molecule has 4 heteroatoms. The van der Waals surface area contributed by atoms with Crippen molar-refractivity contribution in [2.45, 2.75) is 5.33 Å². The summed E-state index contributed by atoms with van der Waals surface area (Å²) in [6.07, 6.45) is 3.45. The van der Waals surface area contributed by atoms with Crippen LogP contribution in [0.2, 0.25) is 0 Å². The molecule has 0 saturated carbocycles. The van der Waals surface area contributed by atoms with Gasteiger partial charge < -0.3 is 4.74 Å². The summed E-state index contributed by atoms with van der Waals surface area (Å²) < 4.78 is 4.78. The van der Waals surface area contributed by atoms with Crippen molar-refractivity contribution in [3.63, 3.8) is 0 Å². The van der Waals surface area contributed by atoms with Crippen molar-refractivity contribution in [1.82, 2.24) is 9.97 Å². The Morgan fingerprint density at radius 2 is 2.10 bits per heavy atom. The SMILES string of the molecule is COc1ncc(CBr)cn1. The zero-order valence-corrected chi connectivity index (χ0v) is 7.13. The van der Waals surface area contributed by atoms with Crippen LogP contribution in [0.1, 0.15) is 5.56 Å². The molecular formula is C6H7BrN2O. The lowest BCUT2D eigenvalue weighted by molar-refractivity contribution is 0.379. The molecule has 0 aliphatic carbocycles. The van der Waals surface area contributed by atoms with Crippen LogP contribution in [-0.2, 0) is 5.33 Å². The lowest BCUT2D eigenvalue weighted by Gasteiger charge is -1.96. The molecule has 10 heavy (non-hydrogen) atoms. The van der Waals surface area contributed by atoms with Crippen LogP contribution in [0.15, 0.2) is 12.4 Å². The van der Waals surface area contributed by atoms with Gasteiger partial charge in [-0.05, 0) is 5.56 Å². The van der Waals surface area contributed by atoms with Crippen LogP contribution in [0.4, 0.5) is 0 Å². The number of methoxy groups -OCH3 is 1. The number of nitrogens with zero attached hydrogens (tertiary/aromatic N) is 2. The topological polar surface area (TPSA) is 35.0 Å². The van der Waals surface area contributed by atoms with Crippen molar-refractivity contribution in [1.29, 1.82) is 0 Å². The fourth-order valence-corrected chi connectivity index (χ4v) is 0.807. The highest BCUT2D eigenvalue weighted by Crippen LogP contribution is 2.04. The van der Waals surface area contributed by atoms with E-state index in [0.717, 1.165) is 10.9 Å². The van der Waals surface area contributed by atoms with Gasteiger partial charge in [-0.1, -0.05) is 15.9 Å². The summed E-state index contributed by atoms with van der Waals surface area (Å²) in [5, 5.41) is 0.775. The van der Waals surface area contributed by atoms with Crippen molar-refractivity contribution < 1.29 is 4.74 Å². The van der Waals surface area contributed by atoms with Crippen LogP contribution < -0.4 is 4.74 Å². The standard InChI is InChI=1S/C6H7BrN2O/c1-10-6-8-3-5(2-7)4-9-6/h3-4H,2H2,1H3. The summed E-state index contributed by atoms with van der Waals surface area (Å²) in [6, 6.07) is 0.407. The zero-order chi connectivity index (χ0) is 7.40. The molecule has 1 heterocycles. The average Bonchev–Trinajstić information content (AvgIpc) is 2.05. The van der Waals surface area contributed by atoms with Crippen LogP contribution in [0.3, 0.4) is 0 Å². The molecule has 0 amide bonds. The van der Waals surface area contributed by atoms with Gasteiger partial charge in [0.2, 0.25) is 0 Å². The molecule has 1 rings (SSSR count). The van der Waals surface area contributed by atoms with E-state index in [1.807, 2.05) is 0 Å². The minimum Gasteiger partial charge on any atom is -0.467 e. The second kappa shape index (κ2) is 3.51. The smallest absolute Gasteiger partial charge is 0.316 e. The van der Waals surface area contributed by atoms with Gasteiger partial charge in [-0.3, -0.25) is 0 Å². The largest absolute Gasteiger partial charge is 0.467 e. The third-order valence-corrected chi connectivity index (χ3v) is 1.67. The Morgan fingerprint density at radius 3 is 2.50 bits per heavy atom. The maximum absolute atomic E-state index is 4.78. The van der Waals surface area contributed by atoms with Crippen LogP contribution in [0, 0.1) is 0 Å². The molecule has 0 aliphatic heterocycles. The van der Waals surface area contributed by atoms with Gasteiger partial charge in [0.25, 0.3) is 0 Å². The lowest BCUT2D eigenvalue weighted by atomic mass is 10.4. The second-order valence-corrected chi connectivity index (χ2v) is 2.27. The Morgan fingerprint density at radius 1 is 1.50 bits per heavy atom. The molecule has 1 aromatic heterocycles. The third kappa shape index (κ3) is 1.67. The van der Waals surface area contributed by atoms with E-state index in [4.69, 9.17) is 4.74 Å². The molecule has 1 aromatic rings. The average molecular weight is 203 g/mol. The Labute approximate surface area is 67.6 Å². The first-order chi connectivity index (χ1) is 4.86. The summed E-state index contributed by atoms with van der Waals surface area (Å²) in [5.74, 6) is 0. The van der Waals surface area contributed by atoms with Crippen molar-refractivity contribution in [2.75, 3.05) is 7.11 Å². The van der Waals surface area contributed by atoms with Gasteiger partial charge in [-0.15, -0.1) is 0 Å². The fourth-order valence-electron chi connectivity index (χ4n) is 0.517. The van der Waals surface area contributed by atoms with E-state index in [0.29, 0.717) is 6.01 Å². The van der Waals surface area contributed by atoms with Crippen molar-refractivity contribution >= 4 is 15.9 Å². The van der Waals surface area contributed by atoms with Gasteiger partial charge in [-0.2, -0.15) is 0 Å². The molecule has 0 atom stereocenters. The van der Waals surface area contributed by atoms with E-state index in [9.17, 15) is 0 Å². The number of hydrogen-bond donors (Lipinski definition) is 0. The number of rotatable bonds is 2. The number of halogens is 1. The van der Waals surface area contributed by atoms with Gasteiger partial charge in [0.05, 0.1) is 7.11 Å². The van der Waals surface area contributed by atoms with Gasteiger partial charge >= 0.3 is 6.01 Å². The van der Waals surface area contributed by atoms with Crippen molar-refractivity contribution in [3.8, 4) is 6.01 Å². The van der Waals surface area contributed by atoms with E-state index in [-0.39, 0.29) is 0 Å². The number of ether oxygens (including phenoxy) is 1. The van der Waals surface area contributed by atoms with Crippen molar-refractivity contribution in [2.24, 2.45) is 0 Å². The molecule has 0 fully saturated rings. The van der Waals surface area contributed by atoms with E-state index in [2.05, 4.69) is 25.9 Å². The molecular weight excluding hydrogens is 196 g/mol. The molecule has 0 aliphatic rings. The molecule has 0 unspecified atom stereocenters. The molecule has 3 nitrogen and oxygen atoms in total. The molecule has 0 N–H and O–H groups in total. The quantitative estimate of drug-likeness (QED) is 0.681. The summed E-state index contributed by atoms with van der Waals surface area (Å²) in [6.45, 7) is 0. The maximum Gasteiger partial charge on any atom is 0.316 e. The van der Waals surface area contributed by atoms with Crippen LogP contribution in [-0.4, -0.2) is 17.1 Å². The first-order valence-corrected chi connectivity index (χ1v) is 3.90. The molecule has 54 valence electrons. The van der Waals surface area contributed by atoms with E-state index in [1.165, 1.54) is 0 Å². The van der Waals surface area contributed by atoms with Crippen LogP contribution in [0.5, 0.6) is 6.01 Å². The lowest BCUT2D eigenvalue weighted by Crippen LogP contribution is -1.91. The first kappa shape index (κ1) is 7.47. The molecule has 0 saturated heterocycles. The number of hydrogen-bond acceptors (Lipinski definition) is 3. The maximum atomic E-state index is 4.78. The Hall–Kier alpha value is -0.640. The highest BCUT2D eigenvalue weighted by Gasteiger charge is 1.93. The van der Waals surface area contributed by atoms with E-state index >= 15 is 0 Å². The van der Waals surface area contributed by atoms with Gasteiger partial charge in [0.1, 0.15) is 0 Å². The minimum absolute atomic E-state index is 0.407. The molecule has 0 radical (unpaired) electrons. The van der Waals surface area contributed by atoms with Crippen LogP contribution in [0.25, 0.3) is 0 Å². The zero-order valence-electron chi connectivity index (χ0n) is 5.54. The normalized spacial score (nSPS) is 9.40. The molecule has 0 spiro atoms. The monoisotopic (exact) mass is 202 g/mol. The summed E-state index contributed by atoms with van der Waals surface area (Å²) >= 11 is 3.28.